The van der Waals surface area contributed by atoms with Crippen LogP contribution in [0.3, 0.4) is 0 Å². The van der Waals surface area contributed by atoms with Gasteiger partial charge in [0.25, 0.3) is 5.56 Å². The van der Waals surface area contributed by atoms with E-state index in [1.54, 1.807) is 6.92 Å². The van der Waals surface area contributed by atoms with E-state index in [2.05, 4.69) is 15.3 Å². The minimum atomic E-state index is -0.108. The van der Waals surface area contributed by atoms with Gasteiger partial charge in [-0.25, -0.2) is 4.98 Å². The molecule has 0 atom stereocenters. The number of fused-ring (bicyclic) bond motifs is 1. The standard InChI is InChI=1S/C17H18N4O2/c1-12-8-17(23)21(11-20-12)7-6-18-16(22)9-13-10-19-15-5-3-2-4-14(13)15/h2-5,8,10-11,19H,6-7,9H2,1H3,(H,18,22). The van der Waals surface area contributed by atoms with Crippen molar-refractivity contribution in [2.24, 2.45) is 0 Å². The van der Waals surface area contributed by atoms with Crippen LogP contribution in [0.2, 0.25) is 0 Å². The average Bonchev–Trinajstić information content (AvgIpc) is 2.93. The van der Waals surface area contributed by atoms with Gasteiger partial charge in [0.2, 0.25) is 5.91 Å². The first-order chi connectivity index (χ1) is 11.1. The molecule has 118 valence electrons. The summed E-state index contributed by atoms with van der Waals surface area (Å²) in [5.74, 6) is -0.0668. The van der Waals surface area contributed by atoms with E-state index in [9.17, 15) is 9.59 Å². The van der Waals surface area contributed by atoms with Gasteiger partial charge in [0.1, 0.15) is 0 Å². The zero-order valence-corrected chi connectivity index (χ0v) is 12.9. The van der Waals surface area contributed by atoms with E-state index in [0.29, 0.717) is 25.2 Å². The first-order valence-electron chi connectivity index (χ1n) is 7.48. The monoisotopic (exact) mass is 310 g/mol. The van der Waals surface area contributed by atoms with E-state index in [4.69, 9.17) is 0 Å². The minimum Gasteiger partial charge on any atom is -0.361 e. The van der Waals surface area contributed by atoms with E-state index in [1.165, 1.54) is 17.0 Å². The van der Waals surface area contributed by atoms with Crippen LogP contribution in [0.1, 0.15) is 11.3 Å². The Morgan fingerprint density at radius 3 is 3.00 bits per heavy atom. The summed E-state index contributed by atoms with van der Waals surface area (Å²) in [4.78, 5) is 31.0. The Labute approximate surface area is 133 Å². The van der Waals surface area contributed by atoms with Crippen molar-refractivity contribution in [3.63, 3.8) is 0 Å². The van der Waals surface area contributed by atoms with E-state index in [0.717, 1.165) is 16.5 Å². The molecule has 0 saturated carbocycles. The van der Waals surface area contributed by atoms with Crippen LogP contribution in [0, 0.1) is 6.92 Å². The van der Waals surface area contributed by atoms with Crippen LogP contribution in [0.15, 0.2) is 47.7 Å². The Kier molecular flexibility index (Phi) is 4.23. The molecule has 0 aliphatic heterocycles. The minimum absolute atomic E-state index is 0.0668. The predicted octanol–water partition coefficient (Wildman–Crippen LogP) is 1.39. The van der Waals surface area contributed by atoms with Crippen molar-refractivity contribution >= 4 is 16.8 Å². The maximum absolute atomic E-state index is 12.1. The van der Waals surface area contributed by atoms with Gasteiger partial charge in [-0.1, -0.05) is 18.2 Å². The van der Waals surface area contributed by atoms with Gasteiger partial charge in [0.15, 0.2) is 0 Å². The van der Waals surface area contributed by atoms with E-state index >= 15 is 0 Å². The van der Waals surface area contributed by atoms with Crippen molar-refractivity contribution < 1.29 is 4.79 Å². The van der Waals surface area contributed by atoms with E-state index in [-0.39, 0.29) is 11.5 Å². The highest BCUT2D eigenvalue weighted by Crippen LogP contribution is 2.17. The number of nitrogens with one attached hydrogen (secondary N) is 2. The molecular weight excluding hydrogens is 292 g/mol. The SMILES string of the molecule is Cc1cc(=O)n(CCNC(=O)Cc2c[nH]c3ccccc23)cn1. The molecule has 1 aromatic carbocycles. The van der Waals surface area contributed by atoms with Crippen LogP contribution < -0.4 is 10.9 Å². The Bertz CT molecular complexity index is 895. The summed E-state index contributed by atoms with van der Waals surface area (Å²) in [5, 5.41) is 3.89. The summed E-state index contributed by atoms with van der Waals surface area (Å²) in [6, 6.07) is 9.36. The number of H-pyrrole nitrogens is 1. The first kappa shape index (κ1) is 15.0. The van der Waals surface area contributed by atoms with Crippen molar-refractivity contribution in [2.45, 2.75) is 19.9 Å². The maximum atomic E-state index is 12.1. The molecule has 3 aromatic rings. The van der Waals surface area contributed by atoms with Gasteiger partial charge in [-0.15, -0.1) is 0 Å². The lowest BCUT2D eigenvalue weighted by Gasteiger charge is -2.07. The quantitative estimate of drug-likeness (QED) is 0.747. The molecule has 23 heavy (non-hydrogen) atoms. The van der Waals surface area contributed by atoms with Crippen LogP contribution in [0.25, 0.3) is 10.9 Å². The third kappa shape index (κ3) is 3.48. The van der Waals surface area contributed by atoms with Gasteiger partial charge in [0, 0.05) is 41.9 Å². The number of rotatable bonds is 5. The fourth-order valence-corrected chi connectivity index (χ4v) is 2.51. The molecule has 0 bridgehead atoms. The lowest BCUT2D eigenvalue weighted by molar-refractivity contribution is -0.120. The number of hydrogen-bond acceptors (Lipinski definition) is 3. The molecule has 2 aromatic heterocycles. The number of para-hydroxylation sites is 1. The number of nitrogens with zero attached hydrogens (tertiary/aromatic N) is 2. The van der Waals surface area contributed by atoms with Crippen LogP contribution in [0.4, 0.5) is 0 Å². The highest BCUT2D eigenvalue weighted by molar-refractivity contribution is 5.88. The van der Waals surface area contributed by atoms with E-state index < -0.39 is 0 Å². The third-order valence-corrected chi connectivity index (χ3v) is 3.72. The lowest BCUT2D eigenvalue weighted by atomic mass is 10.1. The Morgan fingerprint density at radius 1 is 1.35 bits per heavy atom. The molecule has 0 fully saturated rings. The fraction of sp³-hybridized carbons (Fsp3) is 0.235. The number of benzene rings is 1. The van der Waals surface area contributed by atoms with Crippen molar-refractivity contribution in [3.8, 4) is 0 Å². The van der Waals surface area contributed by atoms with Crippen LogP contribution in [0.5, 0.6) is 0 Å². The maximum Gasteiger partial charge on any atom is 0.253 e. The number of aromatic amines is 1. The molecule has 0 radical (unpaired) electrons. The second-order valence-corrected chi connectivity index (χ2v) is 5.45. The molecule has 0 aliphatic carbocycles. The van der Waals surface area contributed by atoms with Gasteiger partial charge < -0.3 is 10.3 Å². The molecule has 6 heteroatoms. The highest BCUT2D eigenvalue weighted by atomic mass is 16.1. The summed E-state index contributed by atoms with van der Waals surface area (Å²) in [5.41, 5.74) is 2.57. The molecule has 1 amide bonds. The van der Waals surface area contributed by atoms with Gasteiger partial charge in [-0.3, -0.25) is 14.2 Å². The largest absolute Gasteiger partial charge is 0.361 e. The van der Waals surface area contributed by atoms with Crippen LogP contribution in [-0.2, 0) is 17.8 Å². The summed E-state index contributed by atoms with van der Waals surface area (Å²) in [6.07, 6.45) is 3.67. The first-order valence-corrected chi connectivity index (χ1v) is 7.48. The van der Waals surface area contributed by atoms with Crippen molar-refractivity contribution in [1.29, 1.82) is 0 Å². The lowest BCUT2D eigenvalue weighted by Crippen LogP contribution is -2.31. The zero-order valence-electron chi connectivity index (χ0n) is 12.9. The molecular formula is C17H18N4O2. The van der Waals surface area contributed by atoms with Gasteiger partial charge in [0.05, 0.1) is 12.7 Å². The molecule has 3 rings (SSSR count). The summed E-state index contributed by atoms with van der Waals surface area (Å²) in [7, 11) is 0. The van der Waals surface area contributed by atoms with Crippen molar-refractivity contribution in [2.75, 3.05) is 6.54 Å². The van der Waals surface area contributed by atoms with Gasteiger partial charge in [-0.05, 0) is 18.6 Å². The summed E-state index contributed by atoms with van der Waals surface area (Å²) in [6.45, 7) is 2.58. The van der Waals surface area contributed by atoms with Crippen molar-refractivity contribution in [1.82, 2.24) is 19.9 Å². The normalized spacial score (nSPS) is 10.8. The predicted molar refractivity (Wildman–Crippen MR) is 88.2 cm³/mol. The van der Waals surface area contributed by atoms with Crippen LogP contribution >= 0.6 is 0 Å². The van der Waals surface area contributed by atoms with Crippen molar-refractivity contribution in [3.05, 3.63) is 64.5 Å². The Balaban J connectivity index is 1.56. The average molecular weight is 310 g/mol. The molecule has 0 aliphatic rings. The number of aryl methyl sites for hydroxylation is 1. The number of carbonyl (C=O) groups excluding carboxylic acids is 1. The molecule has 0 saturated heterocycles. The number of amides is 1. The van der Waals surface area contributed by atoms with E-state index in [1.807, 2.05) is 30.5 Å². The number of aromatic nitrogens is 3. The molecule has 2 N–H and O–H groups in total. The topological polar surface area (TPSA) is 79.8 Å². The second kappa shape index (κ2) is 6.48. The third-order valence-electron chi connectivity index (χ3n) is 3.72. The number of hydrogen-bond donors (Lipinski definition) is 2. The van der Waals surface area contributed by atoms with Crippen LogP contribution in [-0.4, -0.2) is 27.0 Å². The van der Waals surface area contributed by atoms with Gasteiger partial charge in [-0.2, -0.15) is 0 Å². The molecule has 0 spiro atoms. The molecule has 2 heterocycles. The molecule has 6 nitrogen and oxygen atoms in total. The Hall–Kier alpha value is -2.89. The summed E-state index contributed by atoms with van der Waals surface area (Å²) < 4.78 is 1.49. The Morgan fingerprint density at radius 2 is 2.17 bits per heavy atom. The zero-order chi connectivity index (χ0) is 16.2. The smallest absolute Gasteiger partial charge is 0.253 e. The molecule has 0 unspecified atom stereocenters. The second-order valence-electron chi connectivity index (χ2n) is 5.45. The fourth-order valence-electron chi connectivity index (χ4n) is 2.51. The summed E-state index contributed by atoms with van der Waals surface area (Å²) >= 11 is 0. The highest BCUT2D eigenvalue weighted by Gasteiger charge is 2.08. The van der Waals surface area contributed by atoms with Gasteiger partial charge >= 0.3 is 0 Å². The number of carbonyl (C=O) groups is 1.